The number of nitrogens with zero attached hydrogens (tertiary/aromatic N) is 1. The number of amides is 1. The molecule has 1 aliphatic heterocycles. The lowest BCUT2D eigenvalue weighted by Gasteiger charge is -2.29. The second kappa shape index (κ2) is 5.09. The maximum Gasteiger partial charge on any atom is 0.254 e. The number of likely N-dealkylation sites (tertiary alicyclic amines) is 1. The van der Waals surface area contributed by atoms with Gasteiger partial charge in [0.25, 0.3) is 5.91 Å². The molecule has 1 aliphatic carbocycles. The van der Waals surface area contributed by atoms with Crippen molar-refractivity contribution in [3.05, 3.63) is 29.3 Å². The molecule has 0 aromatic heterocycles. The van der Waals surface area contributed by atoms with Gasteiger partial charge in [-0.05, 0) is 43.7 Å². The van der Waals surface area contributed by atoms with Crippen LogP contribution in [-0.2, 0) is 0 Å². The topological polar surface area (TPSA) is 66.6 Å². The largest absolute Gasteiger partial charge is 0.508 e. The van der Waals surface area contributed by atoms with E-state index in [0.717, 1.165) is 19.5 Å². The van der Waals surface area contributed by atoms with Crippen LogP contribution in [0.4, 0.5) is 0 Å². The van der Waals surface area contributed by atoms with Crippen LogP contribution in [0.1, 0.15) is 35.2 Å². The lowest BCUT2D eigenvalue weighted by atomic mass is 9.78. The number of hydrogen-bond donors (Lipinski definition) is 2. The number of rotatable bonds is 1. The molecule has 1 saturated heterocycles. The van der Waals surface area contributed by atoms with Crippen LogP contribution in [0.15, 0.2) is 18.2 Å². The van der Waals surface area contributed by atoms with Crippen molar-refractivity contribution in [2.75, 3.05) is 13.1 Å². The number of fused-ring (bicyclic) bond motifs is 1. The minimum Gasteiger partial charge on any atom is -0.508 e. The van der Waals surface area contributed by atoms with Gasteiger partial charge in [-0.2, -0.15) is 0 Å². The zero-order chi connectivity index (χ0) is 14.3. The quantitative estimate of drug-likeness (QED) is 0.822. The van der Waals surface area contributed by atoms with E-state index < -0.39 is 0 Å². The van der Waals surface area contributed by atoms with E-state index >= 15 is 0 Å². The van der Waals surface area contributed by atoms with Crippen molar-refractivity contribution in [2.45, 2.75) is 32.2 Å². The van der Waals surface area contributed by atoms with Crippen molar-refractivity contribution in [2.24, 2.45) is 17.6 Å². The lowest BCUT2D eigenvalue weighted by molar-refractivity contribution is 0.0782. The van der Waals surface area contributed by atoms with Gasteiger partial charge in [0.15, 0.2) is 0 Å². The average Bonchev–Trinajstić information content (AvgIpc) is 2.87. The van der Waals surface area contributed by atoms with Gasteiger partial charge in [-0.25, -0.2) is 0 Å². The van der Waals surface area contributed by atoms with Gasteiger partial charge >= 0.3 is 0 Å². The Kier molecular flexibility index (Phi) is 3.42. The Morgan fingerprint density at radius 2 is 2.15 bits per heavy atom. The molecule has 1 heterocycles. The van der Waals surface area contributed by atoms with Gasteiger partial charge in [0, 0.05) is 30.3 Å². The van der Waals surface area contributed by atoms with Crippen LogP contribution in [0, 0.1) is 18.8 Å². The van der Waals surface area contributed by atoms with Crippen molar-refractivity contribution in [1.82, 2.24) is 4.90 Å². The van der Waals surface area contributed by atoms with Crippen LogP contribution < -0.4 is 5.73 Å². The number of phenolic OH excluding ortho intramolecular Hbond substituents is 1. The third kappa shape index (κ3) is 2.18. The van der Waals surface area contributed by atoms with Crippen LogP contribution in [0.5, 0.6) is 5.75 Å². The van der Waals surface area contributed by atoms with E-state index in [1.807, 2.05) is 4.90 Å². The van der Waals surface area contributed by atoms with Crippen LogP contribution in [-0.4, -0.2) is 35.0 Å². The van der Waals surface area contributed by atoms with Crippen molar-refractivity contribution in [3.63, 3.8) is 0 Å². The molecule has 4 nitrogen and oxygen atoms in total. The van der Waals surface area contributed by atoms with Crippen molar-refractivity contribution in [1.29, 1.82) is 0 Å². The summed E-state index contributed by atoms with van der Waals surface area (Å²) in [6.07, 6.45) is 3.44. The molecule has 4 heteroatoms. The second-order valence-corrected chi connectivity index (χ2v) is 6.18. The van der Waals surface area contributed by atoms with Crippen molar-refractivity contribution < 1.29 is 9.90 Å². The first kappa shape index (κ1) is 13.4. The number of aromatic hydroxyl groups is 1. The average molecular weight is 274 g/mol. The zero-order valence-electron chi connectivity index (χ0n) is 11.9. The van der Waals surface area contributed by atoms with Gasteiger partial charge in [0.05, 0.1) is 0 Å². The molecule has 2 aliphatic rings. The third-order valence-corrected chi connectivity index (χ3v) is 4.98. The van der Waals surface area contributed by atoms with E-state index in [9.17, 15) is 9.90 Å². The summed E-state index contributed by atoms with van der Waals surface area (Å²) in [5.74, 6) is 1.22. The summed E-state index contributed by atoms with van der Waals surface area (Å²) in [4.78, 5) is 14.6. The summed E-state index contributed by atoms with van der Waals surface area (Å²) in [6.45, 7) is 3.36. The smallest absolute Gasteiger partial charge is 0.254 e. The molecule has 3 rings (SSSR count). The van der Waals surface area contributed by atoms with Gasteiger partial charge < -0.3 is 15.7 Å². The summed E-state index contributed by atoms with van der Waals surface area (Å²) < 4.78 is 0. The van der Waals surface area contributed by atoms with Crippen LogP contribution in [0.3, 0.4) is 0 Å². The van der Waals surface area contributed by atoms with E-state index in [-0.39, 0.29) is 17.7 Å². The lowest BCUT2D eigenvalue weighted by Crippen LogP contribution is -2.38. The van der Waals surface area contributed by atoms with Gasteiger partial charge in [-0.1, -0.05) is 12.5 Å². The van der Waals surface area contributed by atoms with Gasteiger partial charge in [-0.15, -0.1) is 0 Å². The molecule has 108 valence electrons. The predicted octanol–water partition coefficient (Wildman–Crippen LogP) is 1.90. The highest BCUT2D eigenvalue weighted by molar-refractivity contribution is 5.96. The van der Waals surface area contributed by atoms with E-state index in [1.165, 1.54) is 12.8 Å². The molecule has 3 atom stereocenters. The van der Waals surface area contributed by atoms with Gasteiger partial charge in [0.2, 0.25) is 0 Å². The van der Waals surface area contributed by atoms with Crippen LogP contribution in [0.2, 0.25) is 0 Å². The Morgan fingerprint density at radius 3 is 2.90 bits per heavy atom. The SMILES string of the molecule is Cc1c(O)cccc1C(=O)N1CC2CCCC(N)C2C1. The van der Waals surface area contributed by atoms with Crippen molar-refractivity contribution >= 4 is 5.91 Å². The maximum absolute atomic E-state index is 12.6. The molecular weight excluding hydrogens is 252 g/mol. The minimum absolute atomic E-state index is 0.0278. The van der Waals surface area contributed by atoms with E-state index in [1.54, 1.807) is 25.1 Å². The molecule has 3 N–H and O–H groups in total. The first-order valence-electron chi connectivity index (χ1n) is 7.41. The van der Waals surface area contributed by atoms with E-state index in [2.05, 4.69) is 0 Å². The molecule has 1 amide bonds. The predicted molar refractivity (Wildman–Crippen MR) is 77.6 cm³/mol. The molecule has 0 bridgehead atoms. The standard InChI is InChI=1S/C16H22N2O2/c1-10-12(5-3-7-15(10)19)16(20)18-8-11-4-2-6-14(17)13(11)9-18/h3,5,7,11,13-14,19H,2,4,6,8-9,17H2,1H3. The Balaban J connectivity index is 1.80. The molecule has 3 unspecified atom stereocenters. The molecule has 0 spiro atoms. The van der Waals surface area contributed by atoms with Gasteiger partial charge in [0.1, 0.15) is 5.75 Å². The van der Waals surface area contributed by atoms with Crippen LogP contribution >= 0.6 is 0 Å². The highest BCUT2D eigenvalue weighted by atomic mass is 16.3. The van der Waals surface area contributed by atoms with Crippen molar-refractivity contribution in [3.8, 4) is 5.75 Å². The van der Waals surface area contributed by atoms with E-state index in [4.69, 9.17) is 5.73 Å². The Labute approximate surface area is 119 Å². The van der Waals surface area contributed by atoms with E-state index in [0.29, 0.717) is 23.0 Å². The van der Waals surface area contributed by atoms with Gasteiger partial charge in [-0.3, -0.25) is 4.79 Å². The molecule has 1 aromatic carbocycles. The third-order valence-electron chi connectivity index (χ3n) is 4.98. The summed E-state index contributed by atoms with van der Waals surface area (Å²) >= 11 is 0. The first-order chi connectivity index (χ1) is 9.58. The summed E-state index contributed by atoms with van der Waals surface area (Å²) in [7, 11) is 0. The molecular formula is C16H22N2O2. The number of benzene rings is 1. The van der Waals surface area contributed by atoms with Crippen LogP contribution in [0.25, 0.3) is 0 Å². The molecule has 1 saturated carbocycles. The summed E-state index contributed by atoms with van der Waals surface area (Å²) in [5.41, 5.74) is 7.47. The number of phenols is 1. The number of nitrogens with two attached hydrogens (primary N) is 1. The molecule has 0 radical (unpaired) electrons. The Bertz CT molecular complexity index is 529. The fraction of sp³-hybridized carbons (Fsp3) is 0.562. The molecule has 1 aromatic rings. The number of carbonyl (C=O) groups excluding carboxylic acids is 1. The fourth-order valence-corrected chi connectivity index (χ4v) is 3.71. The highest BCUT2D eigenvalue weighted by Crippen LogP contribution is 2.36. The minimum atomic E-state index is 0.0278. The Hall–Kier alpha value is -1.55. The zero-order valence-corrected chi connectivity index (χ0v) is 11.9. The number of carbonyl (C=O) groups is 1. The maximum atomic E-state index is 12.6. The molecule has 20 heavy (non-hydrogen) atoms. The summed E-state index contributed by atoms with van der Waals surface area (Å²) in [5, 5.41) is 9.75. The summed E-state index contributed by atoms with van der Waals surface area (Å²) in [6, 6.07) is 5.37. The first-order valence-corrected chi connectivity index (χ1v) is 7.41. The normalized spacial score (nSPS) is 29.3. The highest BCUT2D eigenvalue weighted by Gasteiger charge is 2.40. The fourth-order valence-electron chi connectivity index (χ4n) is 3.71. The monoisotopic (exact) mass is 274 g/mol. The second-order valence-electron chi connectivity index (χ2n) is 6.18. The molecule has 2 fully saturated rings. The number of hydrogen-bond acceptors (Lipinski definition) is 3. The Morgan fingerprint density at radius 1 is 1.35 bits per heavy atom.